The monoisotopic (exact) mass is 226 g/mol. The first-order valence-corrected chi connectivity index (χ1v) is 6.40. The van der Waals surface area contributed by atoms with Crippen molar-refractivity contribution in [2.24, 2.45) is 5.92 Å². The molecule has 1 fully saturated rings. The Kier molecular flexibility index (Phi) is 4.83. The van der Waals surface area contributed by atoms with E-state index >= 15 is 0 Å². The van der Waals surface area contributed by atoms with Crippen molar-refractivity contribution in [1.29, 1.82) is 0 Å². The molecule has 0 aliphatic carbocycles. The largest absolute Gasteiger partial charge is 0.335 e. The van der Waals surface area contributed by atoms with Gasteiger partial charge < -0.3 is 10.6 Å². The highest BCUT2D eigenvalue weighted by atomic mass is 32.2. The summed E-state index contributed by atoms with van der Waals surface area (Å²) in [7, 11) is 0. The van der Waals surface area contributed by atoms with Crippen LogP contribution in [0, 0.1) is 18.3 Å². The summed E-state index contributed by atoms with van der Waals surface area (Å²) in [6, 6.07) is -0.0150. The molecule has 0 saturated carbocycles. The van der Waals surface area contributed by atoms with Gasteiger partial charge in [-0.25, -0.2) is 4.79 Å². The predicted octanol–water partition coefficient (Wildman–Crippen LogP) is 1.45. The van der Waals surface area contributed by atoms with Crippen LogP contribution in [0.5, 0.6) is 0 Å². The lowest BCUT2D eigenvalue weighted by atomic mass is 10.1. The van der Waals surface area contributed by atoms with Crippen molar-refractivity contribution >= 4 is 17.8 Å². The van der Waals surface area contributed by atoms with Crippen molar-refractivity contribution < 1.29 is 4.79 Å². The van der Waals surface area contributed by atoms with Crippen molar-refractivity contribution in [1.82, 2.24) is 10.6 Å². The van der Waals surface area contributed by atoms with Gasteiger partial charge in [0, 0.05) is 11.8 Å². The standard InChI is InChI=1S/C11H18N2OS/c1-4-10(8(2)3)13-11(14)12-9-5-6-15-7-9/h1,8-10H,5-7H2,2-3H3,(H2,12,13,14)/t9-,10-/m0/s1. The maximum absolute atomic E-state index is 11.5. The Morgan fingerprint density at radius 3 is 2.80 bits per heavy atom. The lowest BCUT2D eigenvalue weighted by Gasteiger charge is -2.19. The average molecular weight is 226 g/mol. The van der Waals surface area contributed by atoms with E-state index < -0.39 is 0 Å². The molecule has 1 saturated heterocycles. The predicted molar refractivity (Wildman–Crippen MR) is 64.9 cm³/mol. The third-order valence-electron chi connectivity index (χ3n) is 2.40. The first-order chi connectivity index (χ1) is 7.13. The summed E-state index contributed by atoms with van der Waals surface area (Å²) in [5.41, 5.74) is 0. The molecule has 1 rings (SSSR count). The Labute approximate surface area is 95.8 Å². The van der Waals surface area contributed by atoms with Gasteiger partial charge in [0.1, 0.15) is 0 Å². The van der Waals surface area contributed by atoms with E-state index in [4.69, 9.17) is 6.42 Å². The average Bonchev–Trinajstić information content (AvgIpc) is 2.66. The van der Waals surface area contributed by atoms with Gasteiger partial charge in [-0.2, -0.15) is 11.8 Å². The first kappa shape index (κ1) is 12.3. The number of carbonyl (C=O) groups excluding carboxylic acids is 1. The molecule has 4 heteroatoms. The molecule has 1 heterocycles. The molecule has 0 radical (unpaired) electrons. The van der Waals surface area contributed by atoms with Crippen LogP contribution >= 0.6 is 11.8 Å². The number of carbonyl (C=O) groups is 1. The molecular formula is C11H18N2OS. The minimum absolute atomic E-state index is 0.140. The van der Waals surface area contributed by atoms with Crippen molar-refractivity contribution in [2.45, 2.75) is 32.4 Å². The van der Waals surface area contributed by atoms with E-state index in [0.29, 0.717) is 6.04 Å². The van der Waals surface area contributed by atoms with Gasteiger partial charge in [0.2, 0.25) is 0 Å². The number of hydrogen-bond acceptors (Lipinski definition) is 2. The maximum atomic E-state index is 11.5. The number of amides is 2. The minimum atomic E-state index is -0.181. The molecule has 84 valence electrons. The van der Waals surface area contributed by atoms with E-state index in [1.807, 2.05) is 25.6 Å². The highest BCUT2D eigenvalue weighted by molar-refractivity contribution is 7.99. The first-order valence-electron chi connectivity index (χ1n) is 5.24. The second-order valence-electron chi connectivity index (χ2n) is 4.07. The van der Waals surface area contributed by atoms with E-state index in [9.17, 15) is 4.79 Å². The molecule has 3 nitrogen and oxygen atoms in total. The van der Waals surface area contributed by atoms with Crippen LogP contribution in [0.2, 0.25) is 0 Å². The fourth-order valence-electron chi connectivity index (χ4n) is 1.42. The van der Waals surface area contributed by atoms with Gasteiger partial charge in [-0.1, -0.05) is 19.8 Å². The molecule has 0 unspecified atom stereocenters. The lowest BCUT2D eigenvalue weighted by Crippen LogP contribution is -2.47. The van der Waals surface area contributed by atoms with E-state index in [2.05, 4.69) is 16.6 Å². The highest BCUT2D eigenvalue weighted by Crippen LogP contribution is 2.16. The van der Waals surface area contributed by atoms with Crippen molar-refractivity contribution in [3.63, 3.8) is 0 Å². The molecule has 1 aliphatic heterocycles. The number of hydrogen-bond donors (Lipinski definition) is 2. The van der Waals surface area contributed by atoms with E-state index in [0.717, 1.165) is 17.9 Å². The van der Waals surface area contributed by atoms with Crippen LogP contribution < -0.4 is 10.6 Å². The van der Waals surface area contributed by atoms with Crippen molar-refractivity contribution in [2.75, 3.05) is 11.5 Å². The molecular weight excluding hydrogens is 208 g/mol. The molecule has 1 aliphatic rings. The van der Waals surface area contributed by atoms with Crippen LogP contribution in [-0.2, 0) is 0 Å². The smallest absolute Gasteiger partial charge is 0.316 e. The van der Waals surface area contributed by atoms with Crippen molar-refractivity contribution in [3.05, 3.63) is 0 Å². The van der Waals surface area contributed by atoms with E-state index in [-0.39, 0.29) is 18.0 Å². The van der Waals surface area contributed by atoms with Gasteiger partial charge in [0.15, 0.2) is 0 Å². The second kappa shape index (κ2) is 5.92. The topological polar surface area (TPSA) is 41.1 Å². The van der Waals surface area contributed by atoms with Gasteiger partial charge in [0.25, 0.3) is 0 Å². The molecule has 0 aromatic carbocycles. The molecule has 0 aromatic heterocycles. The molecule has 0 aromatic rings. The van der Waals surface area contributed by atoms with Gasteiger partial charge in [-0.05, 0) is 18.1 Å². The Bertz CT molecular complexity index is 254. The van der Waals surface area contributed by atoms with Crippen LogP contribution in [0.15, 0.2) is 0 Å². The third-order valence-corrected chi connectivity index (χ3v) is 3.56. The van der Waals surface area contributed by atoms with Crippen LogP contribution in [0.1, 0.15) is 20.3 Å². The van der Waals surface area contributed by atoms with Crippen LogP contribution in [0.25, 0.3) is 0 Å². The number of nitrogens with one attached hydrogen (secondary N) is 2. The summed E-state index contributed by atoms with van der Waals surface area (Å²) in [5.74, 6) is 4.99. The lowest BCUT2D eigenvalue weighted by molar-refractivity contribution is 0.234. The van der Waals surface area contributed by atoms with Crippen LogP contribution in [0.4, 0.5) is 4.79 Å². The Morgan fingerprint density at radius 1 is 1.60 bits per heavy atom. The zero-order chi connectivity index (χ0) is 11.3. The summed E-state index contributed by atoms with van der Waals surface area (Å²) >= 11 is 1.87. The van der Waals surface area contributed by atoms with Gasteiger partial charge in [-0.3, -0.25) is 0 Å². The van der Waals surface area contributed by atoms with E-state index in [1.54, 1.807) is 0 Å². The number of rotatable bonds is 3. The third kappa shape index (κ3) is 4.05. The van der Waals surface area contributed by atoms with Crippen molar-refractivity contribution in [3.8, 4) is 12.3 Å². The number of thioether (sulfide) groups is 1. The summed E-state index contributed by atoms with van der Waals surface area (Å²) in [6.07, 6.45) is 6.39. The number of urea groups is 1. The molecule has 0 spiro atoms. The quantitative estimate of drug-likeness (QED) is 0.715. The van der Waals surface area contributed by atoms with Crippen LogP contribution in [0.3, 0.4) is 0 Å². The second-order valence-corrected chi connectivity index (χ2v) is 5.22. The zero-order valence-electron chi connectivity index (χ0n) is 9.25. The highest BCUT2D eigenvalue weighted by Gasteiger charge is 2.19. The maximum Gasteiger partial charge on any atom is 0.316 e. The normalized spacial score (nSPS) is 22.1. The molecule has 15 heavy (non-hydrogen) atoms. The fraction of sp³-hybridized carbons (Fsp3) is 0.727. The summed E-state index contributed by atoms with van der Waals surface area (Å²) in [5, 5.41) is 5.73. The van der Waals surface area contributed by atoms with Crippen LogP contribution in [-0.4, -0.2) is 29.6 Å². The summed E-state index contributed by atoms with van der Waals surface area (Å²) in [4.78, 5) is 11.5. The van der Waals surface area contributed by atoms with E-state index in [1.165, 1.54) is 0 Å². The zero-order valence-corrected chi connectivity index (χ0v) is 10.1. The Morgan fingerprint density at radius 2 is 2.33 bits per heavy atom. The summed E-state index contributed by atoms with van der Waals surface area (Å²) < 4.78 is 0. The Hall–Kier alpha value is -0.820. The fourth-order valence-corrected chi connectivity index (χ4v) is 2.57. The van der Waals surface area contributed by atoms with Gasteiger partial charge >= 0.3 is 6.03 Å². The molecule has 2 atom stereocenters. The minimum Gasteiger partial charge on any atom is -0.335 e. The van der Waals surface area contributed by atoms with Gasteiger partial charge in [0.05, 0.1) is 6.04 Å². The van der Waals surface area contributed by atoms with Gasteiger partial charge in [-0.15, -0.1) is 6.42 Å². The Balaban J connectivity index is 2.31. The number of terminal acetylenes is 1. The molecule has 2 N–H and O–H groups in total. The molecule has 0 bridgehead atoms. The summed E-state index contributed by atoms with van der Waals surface area (Å²) in [6.45, 7) is 3.99. The SMILES string of the molecule is C#C[C@H](NC(=O)N[C@H]1CCSC1)C(C)C. The molecule has 2 amide bonds.